The van der Waals surface area contributed by atoms with Crippen molar-refractivity contribution in [1.82, 2.24) is 65.2 Å². The molecule has 6 saturated heterocycles. The Labute approximate surface area is 771 Å². The molecule has 6 fully saturated rings. The number of H-pyrrole nitrogens is 3. The van der Waals surface area contributed by atoms with Crippen molar-refractivity contribution in [3.05, 3.63) is 317 Å². The van der Waals surface area contributed by atoms with E-state index in [4.69, 9.17) is 67.5 Å². The third-order valence-electron chi connectivity index (χ3n) is 25.5. The number of carbonyl (C=O) groups excluding carboxylic acids is 7. The van der Waals surface area contributed by atoms with Gasteiger partial charge < -0.3 is 64.9 Å². The number of aromatic nitrogens is 3. The topological polar surface area (TPSA) is 244 Å². The second kappa shape index (κ2) is 40.8. The summed E-state index contributed by atoms with van der Waals surface area (Å²) in [7, 11) is 0. The average Bonchev–Trinajstić information content (AvgIpc) is 1.57. The van der Waals surface area contributed by atoms with Gasteiger partial charge in [-0.3, -0.25) is 38.6 Å². The third kappa shape index (κ3) is 19.7. The fraction of sp³-hybridized carbons (Fsp3) is 0.323. The first-order valence-corrected chi connectivity index (χ1v) is 46.0. The van der Waals surface area contributed by atoms with Gasteiger partial charge in [-0.2, -0.15) is 0 Å². The van der Waals surface area contributed by atoms with E-state index in [1.54, 1.807) is 4.90 Å². The lowest BCUT2D eigenvalue weighted by atomic mass is 9.70. The number of morpholine rings is 2. The second-order valence-electron chi connectivity index (χ2n) is 33.2. The highest BCUT2D eigenvalue weighted by atomic mass is 79.9. The number of benzene rings is 9. The van der Waals surface area contributed by atoms with E-state index in [2.05, 4.69) is 56.6 Å². The number of hydrogen-bond donors (Lipinski definition) is 6. The van der Waals surface area contributed by atoms with E-state index in [0.29, 0.717) is 90.6 Å². The molecule has 18 rings (SSSR count). The zero-order valence-electron chi connectivity index (χ0n) is 70.4. The predicted octanol–water partition coefficient (Wildman–Crippen LogP) is 17.4. The van der Waals surface area contributed by atoms with Crippen LogP contribution < -0.4 is 16.0 Å². The van der Waals surface area contributed by atoms with Gasteiger partial charge >= 0.3 is 6.03 Å². The monoisotopic (exact) mass is 1870 g/mol. The number of hydrogen-bond acceptors (Lipinski definition) is 11. The van der Waals surface area contributed by atoms with Crippen LogP contribution in [0.2, 0.25) is 25.1 Å². The molecule has 28 heteroatoms. The number of rotatable bonds is 24. The van der Waals surface area contributed by atoms with Gasteiger partial charge in [0.1, 0.15) is 16.7 Å². The van der Waals surface area contributed by atoms with Crippen LogP contribution in [-0.4, -0.2) is 202 Å². The van der Waals surface area contributed by atoms with E-state index in [9.17, 15) is 33.6 Å². The summed E-state index contributed by atoms with van der Waals surface area (Å²) in [6.45, 7) is 14.5. The Morgan fingerprint density at radius 2 is 0.850 bits per heavy atom. The van der Waals surface area contributed by atoms with Gasteiger partial charge in [0.2, 0.25) is 35.4 Å². The molecule has 8 amide bonds. The average molecular weight is 1870 g/mol. The summed E-state index contributed by atoms with van der Waals surface area (Å²) in [6.07, 6.45) is 7.50. The van der Waals surface area contributed by atoms with Crippen LogP contribution in [-0.2, 0) is 68.7 Å². The number of aromatic amines is 3. The van der Waals surface area contributed by atoms with Crippen LogP contribution >= 0.6 is 73.9 Å². The van der Waals surface area contributed by atoms with Crippen molar-refractivity contribution >= 4 is 148 Å². The molecule has 3 aromatic heterocycles. The number of carbonyl (C=O) groups is 7. The van der Waals surface area contributed by atoms with Crippen molar-refractivity contribution in [2.75, 3.05) is 112 Å². The lowest BCUT2D eigenvalue weighted by molar-refractivity contribution is -0.140. The molecule has 6 aliphatic heterocycles. The zero-order valence-corrected chi connectivity index (χ0v) is 75.8. The SMILES string of the molecule is CCNC(=O)N1CCN(C(=O)[C@]2(c3ccccc3)CC(=O)N(Cc3ccc(Br)cc3)[C@H]2c2c[nH]c3cc(Cl)ccc23)CC1.O=C(NCCCN1CCOCC1)[C@H]1C(=O)N(Cc2ccc(Cl)cc2)[C@@H](c2c[nH]c3cc(Cl)ccc23)C1c1ccccc1.O=C1C[C@](C(=O)NCCCN2CCOCC2)(c2ccccc2)[C@H](c2c[nH]c3cc(Cl)ccc23)N1Cc1ccc(Cl)cc1. The molecule has 0 spiro atoms. The minimum atomic E-state index is -1.18. The second-order valence-corrected chi connectivity index (χ2v) is 36.3. The third-order valence-corrected chi connectivity index (χ3v) is 27.2. The van der Waals surface area contributed by atoms with E-state index in [-0.39, 0.29) is 66.3 Å². The number of piperazine rings is 1. The molecule has 0 saturated carbocycles. The van der Waals surface area contributed by atoms with E-state index in [1.807, 2.05) is 264 Å². The quantitative estimate of drug-likeness (QED) is 0.0245. The maximum Gasteiger partial charge on any atom is 0.317 e. The highest BCUT2D eigenvalue weighted by Gasteiger charge is 2.62. The molecule has 0 radical (unpaired) electrons. The van der Waals surface area contributed by atoms with Gasteiger partial charge in [-0.25, -0.2) is 4.79 Å². The maximum absolute atomic E-state index is 15.0. The van der Waals surface area contributed by atoms with E-state index < -0.39 is 28.8 Å². The van der Waals surface area contributed by atoms with Gasteiger partial charge in [0.15, 0.2) is 0 Å². The fourth-order valence-electron chi connectivity index (χ4n) is 19.3. The minimum absolute atomic E-state index is 0.0356. The van der Waals surface area contributed by atoms with Crippen molar-refractivity contribution in [1.29, 1.82) is 0 Å². The van der Waals surface area contributed by atoms with Crippen molar-refractivity contribution in [3.8, 4) is 0 Å². The van der Waals surface area contributed by atoms with Crippen LogP contribution in [0.15, 0.2) is 241 Å². The van der Waals surface area contributed by atoms with Crippen LogP contribution in [0.4, 0.5) is 4.79 Å². The molecule has 9 aromatic carbocycles. The van der Waals surface area contributed by atoms with Gasteiger partial charge in [0.25, 0.3) is 0 Å². The zero-order chi connectivity index (χ0) is 88.3. The molecule has 1 unspecified atom stereocenters. The lowest BCUT2D eigenvalue weighted by Crippen LogP contribution is -2.58. The summed E-state index contributed by atoms with van der Waals surface area (Å²) in [6, 6.07) is 67.6. The molecule has 22 nitrogen and oxygen atoms in total. The maximum atomic E-state index is 15.0. The molecule has 0 bridgehead atoms. The normalized spacial score (nSPS) is 21.0. The van der Waals surface area contributed by atoms with Gasteiger partial charge in [-0.1, -0.05) is 220 Å². The van der Waals surface area contributed by atoms with Crippen LogP contribution in [0.3, 0.4) is 0 Å². The highest BCUT2D eigenvalue weighted by molar-refractivity contribution is 9.10. The van der Waals surface area contributed by atoms with E-state index >= 15 is 0 Å². The van der Waals surface area contributed by atoms with Crippen LogP contribution in [0.1, 0.15) is 107 Å². The molecule has 7 atom stereocenters. The summed E-state index contributed by atoms with van der Waals surface area (Å²) in [5.74, 6) is -2.09. The van der Waals surface area contributed by atoms with Crippen molar-refractivity contribution in [3.63, 3.8) is 0 Å². The van der Waals surface area contributed by atoms with E-state index in [1.165, 1.54) is 0 Å². The van der Waals surface area contributed by atoms with Gasteiger partial charge in [-0.05, 0) is 139 Å². The summed E-state index contributed by atoms with van der Waals surface area (Å²) in [4.78, 5) is 122. The summed E-state index contributed by atoms with van der Waals surface area (Å²) < 4.78 is 11.9. The first kappa shape index (κ1) is 89.8. The number of nitrogens with one attached hydrogen (secondary N) is 6. The molecule has 127 heavy (non-hydrogen) atoms. The number of likely N-dealkylation sites (tertiary alicyclic amines) is 3. The molecular formula is C99H101BrCl5N13O9. The minimum Gasteiger partial charge on any atom is -0.379 e. The van der Waals surface area contributed by atoms with Gasteiger partial charge in [0, 0.05) is 208 Å². The molecular weight excluding hydrogens is 1770 g/mol. The Hall–Kier alpha value is -10.5. The first-order chi connectivity index (χ1) is 61.8. The fourth-order valence-corrected chi connectivity index (χ4v) is 20.3. The number of amides is 8. The first-order valence-electron chi connectivity index (χ1n) is 43.3. The van der Waals surface area contributed by atoms with Gasteiger partial charge in [-0.15, -0.1) is 0 Å². The number of fused-ring (bicyclic) bond motifs is 3. The summed E-state index contributed by atoms with van der Waals surface area (Å²) in [5.41, 5.74) is 8.39. The smallest absolute Gasteiger partial charge is 0.317 e. The Morgan fingerprint density at radius 1 is 0.449 bits per heavy atom. The van der Waals surface area contributed by atoms with Crippen molar-refractivity contribution in [2.24, 2.45) is 5.92 Å². The molecule has 9 heterocycles. The van der Waals surface area contributed by atoms with Crippen molar-refractivity contribution < 1.29 is 43.0 Å². The molecule has 6 aliphatic rings. The molecule has 6 N–H and O–H groups in total. The summed E-state index contributed by atoms with van der Waals surface area (Å²) >= 11 is 34.8. The van der Waals surface area contributed by atoms with Crippen LogP contribution in [0, 0.1) is 5.92 Å². The van der Waals surface area contributed by atoms with Crippen LogP contribution in [0.25, 0.3) is 32.7 Å². The molecule has 0 aliphatic carbocycles. The Kier molecular flexibility index (Phi) is 28.9. The number of halogens is 6. The number of ether oxygens (including phenoxy) is 2. The Balaban J connectivity index is 0.000000140. The molecule has 658 valence electrons. The van der Waals surface area contributed by atoms with Crippen molar-refractivity contribution in [2.45, 2.75) is 87.1 Å². The number of urea groups is 1. The standard InChI is InChI=1S/C33H33BrClN5O3.2C33H34Cl2N4O3/c1-2-36-32(43)39-16-14-38(15-17-39)31(42)33(23-6-4-3-5-7-23)19-29(41)40(21-22-8-10-24(34)11-9-22)30(33)27-20-37-28-18-25(35)12-13-26(27)28;34-25-9-7-23(8-10-25)22-39-30(40)20-33(24-5-2-1-3-6-24,32(41)36-13-4-14-38-15-17-42-18-16-38)31(39)28-21-37-29-19-26(35)11-12-27(28)29;34-24-9-7-22(8-10-24)21-39-31(27-20-37-28-19-25(35)11-12-26(27)28)29(23-5-2-1-3-6-23)30(33(39)41)32(40)36-13-4-14-38-15-17-42-18-16-38/h3-13,18,20,30,37H,2,14-17,19,21H2,1H3,(H,36,43);1-3,5-12,19,21,31,37H,4,13-18,20,22H2,(H,36,41);1-3,5-12,19-20,29-31,37H,4,13-18,21H2,(H,36,40)/t30-,33-;31-,33-;29?,30-,31-/m000/s1. The highest BCUT2D eigenvalue weighted by Crippen LogP contribution is 2.56. The number of nitrogens with zero attached hydrogens (tertiary/aromatic N) is 7. The summed E-state index contributed by atoms with van der Waals surface area (Å²) in [5, 5.41) is 15.1. The van der Waals surface area contributed by atoms with Gasteiger partial charge in [0.05, 0.1) is 44.6 Å². The van der Waals surface area contributed by atoms with Crippen LogP contribution in [0.5, 0.6) is 0 Å². The largest absolute Gasteiger partial charge is 0.379 e. The molecule has 12 aromatic rings. The lowest BCUT2D eigenvalue weighted by Gasteiger charge is -2.43. The van der Waals surface area contributed by atoms with E-state index in [0.717, 1.165) is 166 Å². The Morgan fingerprint density at radius 3 is 1.33 bits per heavy atom. The predicted molar refractivity (Wildman–Crippen MR) is 502 cm³/mol. The Bertz CT molecular complexity index is 5830.